The standard InChI is InChI=1S/C22H24N2O2/c1-15-11-21(26-2)23-12-20(15)16-7-9-17(10-8-16)22(25)24-13-18-5-3-4-6-19(18)14-24/h3-4,7-12,18-19H,5-6,13-14H2,1-2H3/t18-,19+. The smallest absolute Gasteiger partial charge is 0.253 e. The summed E-state index contributed by atoms with van der Waals surface area (Å²) in [6, 6.07) is 9.81. The van der Waals surface area contributed by atoms with Crippen molar-refractivity contribution < 1.29 is 9.53 Å². The zero-order valence-electron chi connectivity index (χ0n) is 15.3. The molecular weight excluding hydrogens is 324 g/mol. The van der Waals surface area contributed by atoms with E-state index in [9.17, 15) is 4.79 Å². The van der Waals surface area contributed by atoms with E-state index >= 15 is 0 Å². The molecule has 1 aliphatic heterocycles. The van der Waals surface area contributed by atoms with E-state index in [0.717, 1.165) is 48.2 Å². The molecule has 1 aliphatic carbocycles. The van der Waals surface area contributed by atoms with Gasteiger partial charge in [-0.1, -0.05) is 24.3 Å². The molecule has 0 radical (unpaired) electrons. The number of rotatable bonds is 3. The average Bonchev–Trinajstić information content (AvgIpc) is 3.11. The van der Waals surface area contributed by atoms with Crippen molar-refractivity contribution in [3.8, 4) is 17.0 Å². The molecule has 2 atom stereocenters. The number of methoxy groups -OCH3 is 1. The maximum Gasteiger partial charge on any atom is 0.253 e. The molecule has 4 nitrogen and oxygen atoms in total. The van der Waals surface area contributed by atoms with Crippen molar-refractivity contribution in [2.75, 3.05) is 20.2 Å². The largest absolute Gasteiger partial charge is 0.481 e. The molecule has 0 bridgehead atoms. The van der Waals surface area contributed by atoms with Crippen LogP contribution < -0.4 is 4.74 Å². The fourth-order valence-corrected chi connectivity index (χ4v) is 4.10. The van der Waals surface area contributed by atoms with Gasteiger partial charge in [0.1, 0.15) is 0 Å². The molecule has 2 aliphatic rings. The summed E-state index contributed by atoms with van der Waals surface area (Å²) in [7, 11) is 1.62. The topological polar surface area (TPSA) is 42.4 Å². The van der Waals surface area contributed by atoms with E-state index in [4.69, 9.17) is 4.74 Å². The van der Waals surface area contributed by atoms with Crippen LogP contribution in [0.2, 0.25) is 0 Å². The minimum absolute atomic E-state index is 0.149. The maximum absolute atomic E-state index is 12.9. The summed E-state index contributed by atoms with van der Waals surface area (Å²) in [5.74, 6) is 2.03. The summed E-state index contributed by atoms with van der Waals surface area (Å²) in [5, 5.41) is 0. The Morgan fingerprint density at radius 1 is 1.12 bits per heavy atom. The van der Waals surface area contributed by atoms with Crippen molar-refractivity contribution in [3.63, 3.8) is 0 Å². The van der Waals surface area contributed by atoms with Crippen molar-refractivity contribution in [1.29, 1.82) is 0 Å². The lowest BCUT2D eigenvalue weighted by molar-refractivity contribution is 0.0784. The summed E-state index contributed by atoms with van der Waals surface area (Å²) in [6.45, 7) is 3.81. The summed E-state index contributed by atoms with van der Waals surface area (Å²) in [5.41, 5.74) is 3.99. The molecule has 0 spiro atoms. The quantitative estimate of drug-likeness (QED) is 0.784. The Balaban J connectivity index is 1.50. The molecule has 1 aromatic heterocycles. The molecule has 4 rings (SSSR count). The second kappa shape index (κ2) is 6.94. The number of likely N-dealkylation sites (tertiary alicyclic amines) is 1. The fourth-order valence-electron chi connectivity index (χ4n) is 4.10. The van der Waals surface area contributed by atoms with E-state index < -0.39 is 0 Å². The Morgan fingerprint density at radius 3 is 2.35 bits per heavy atom. The number of ether oxygens (including phenoxy) is 1. The molecule has 2 aromatic rings. The lowest BCUT2D eigenvalue weighted by Crippen LogP contribution is -2.28. The van der Waals surface area contributed by atoms with Crippen molar-refractivity contribution >= 4 is 5.91 Å². The van der Waals surface area contributed by atoms with Gasteiger partial charge >= 0.3 is 0 Å². The second-order valence-electron chi connectivity index (χ2n) is 7.29. The van der Waals surface area contributed by atoms with Gasteiger partial charge in [0.05, 0.1) is 7.11 Å². The number of carbonyl (C=O) groups excluding carboxylic acids is 1. The number of pyridine rings is 1. The molecule has 1 fully saturated rings. The van der Waals surface area contributed by atoms with Gasteiger partial charge in [0.2, 0.25) is 5.88 Å². The highest BCUT2D eigenvalue weighted by Gasteiger charge is 2.35. The van der Waals surface area contributed by atoms with Gasteiger partial charge in [-0.25, -0.2) is 4.98 Å². The van der Waals surface area contributed by atoms with Gasteiger partial charge in [-0.3, -0.25) is 4.79 Å². The summed E-state index contributed by atoms with van der Waals surface area (Å²) < 4.78 is 5.17. The van der Waals surface area contributed by atoms with Crippen LogP contribution in [0.4, 0.5) is 0 Å². The molecule has 4 heteroatoms. The van der Waals surface area contributed by atoms with E-state index in [-0.39, 0.29) is 5.91 Å². The van der Waals surface area contributed by atoms with Gasteiger partial charge in [0.25, 0.3) is 5.91 Å². The number of carbonyl (C=O) groups is 1. The molecule has 1 aromatic carbocycles. The van der Waals surface area contributed by atoms with Crippen LogP contribution in [0.15, 0.2) is 48.7 Å². The third-order valence-corrected chi connectivity index (χ3v) is 5.65. The van der Waals surface area contributed by atoms with Crippen LogP contribution in [0, 0.1) is 18.8 Å². The SMILES string of the molecule is COc1cc(C)c(-c2ccc(C(=O)N3C[C@H]4CC=CC[C@H]4C3)cc2)cn1. The van der Waals surface area contributed by atoms with Crippen LogP contribution in [-0.2, 0) is 0 Å². The molecular formula is C22H24N2O2. The Bertz CT molecular complexity index is 826. The maximum atomic E-state index is 12.9. The first kappa shape index (κ1) is 16.8. The fraction of sp³-hybridized carbons (Fsp3) is 0.364. The molecule has 0 N–H and O–H groups in total. The molecule has 1 amide bonds. The lowest BCUT2D eigenvalue weighted by atomic mass is 9.86. The van der Waals surface area contributed by atoms with Gasteiger partial charge in [0.15, 0.2) is 0 Å². The predicted molar refractivity (Wildman–Crippen MR) is 102 cm³/mol. The highest BCUT2D eigenvalue weighted by Crippen LogP contribution is 2.33. The number of amides is 1. The lowest BCUT2D eigenvalue weighted by Gasteiger charge is -2.17. The first-order valence-electron chi connectivity index (χ1n) is 9.21. The van der Waals surface area contributed by atoms with Crippen molar-refractivity contribution in [2.24, 2.45) is 11.8 Å². The Labute approximate surface area is 154 Å². The number of nitrogens with zero attached hydrogens (tertiary/aromatic N) is 2. The average molecular weight is 348 g/mol. The second-order valence-corrected chi connectivity index (χ2v) is 7.29. The number of benzene rings is 1. The van der Waals surface area contributed by atoms with Crippen LogP contribution in [0.3, 0.4) is 0 Å². The third-order valence-electron chi connectivity index (χ3n) is 5.65. The number of hydrogen-bond donors (Lipinski definition) is 0. The number of aryl methyl sites for hydroxylation is 1. The zero-order chi connectivity index (χ0) is 18.1. The number of fused-ring (bicyclic) bond motifs is 1. The summed E-state index contributed by atoms with van der Waals surface area (Å²) >= 11 is 0. The van der Waals surface area contributed by atoms with Crippen LogP contribution in [0.1, 0.15) is 28.8 Å². The van der Waals surface area contributed by atoms with Gasteiger partial charge in [-0.2, -0.15) is 0 Å². The van der Waals surface area contributed by atoms with Crippen LogP contribution in [0.25, 0.3) is 11.1 Å². The van der Waals surface area contributed by atoms with Gasteiger partial charge in [-0.05, 0) is 54.9 Å². The van der Waals surface area contributed by atoms with Gasteiger partial charge in [0, 0.05) is 36.5 Å². The highest BCUT2D eigenvalue weighted by atomic mass is 16.5. The van der Waals surface area contributed by atoms with Crippen molar-refractivity contribution in [3.05, 3.63) is 59.8 Å². The molecule has 0 unspecified atom stereocenters. The highest BCUT2D eigenvalue weighted by molar-refractivity contribution is 5.95. The van der Waals surface area contributed by atoms with Crippen LogP contribution in [-0.4, -0.2) is 36.0 Å². The molecule has 2 heterocycles. The van der Waals surface area contributed by atoms with E-state index in [1.54, 1.807) is 7.11 Å². The normalized spacial score (nSPS) is 21.5. The molecule has 0 saturated carbocycles. The Kier molecular flexibility index (Phi) is 4.49. The van der Waals surface area contributed by atoms with Gasteiger partial charge < -0.3 is 9.64 Å². The minimum Gasteiger partial charge on any atom is -0.481 e. The van der Waals surface area contributed by atoms with Crippen LogP contribution in [0.5, 0.6) is 5.88 Å². The van der Waals surface area contributed by atoms with Crippen molar-refractivity contribution in [1.82, 2.24) is 9.88 Å². The van der Waals surface area contributed by atoms with E-state index in [1.807, 2.05) is 48.4 Å². The number of hydrogen-bond acceptors (Lipinski definition) is 3. The van der Waals surface area contributed by atoms with Gasteiger partial charge in [-0.15, -0.1) is 0 Å². The van der Waals surface area contributed by atoms with Crippen molar-refractivity contribution in [2.45, 2.75) is 19.8 Å². The monoisotopic (exact) mass is 348 g/mol. The third kappa shape index (κ3) is 3.12. The molecule has 1 saturated heterocycles. The molecule has 26 heavy (non-hydrogen) atoms. The number of allylic oxidation sites excluding steroid dienone is 2. The Hall–Kier alpha value is -2.62. The molecule has 134 valence electrons. The number of aromatic nitrogens is 1. The van der Waals surface area contributed by atoms with E-state index in [2.05, 4.69) is 17.1 Å². The zero-order valence-corrected chi connectivity index (χ0v) is 15.3. The van der Waals surface area contributed by atoms with Crippen LogP contribution >= 0.6 is 0 Å². The minimum atomic E-state index is 0.149. The summed E-state index contributed by atoms with van der Waals surface area (Å²) in [4.78, 5) is 19.2. The van der Waals surface area contributed by atoms with E-state index in [0.29, 0.717) is 17.7 Å². The summed E-state index contributed by atoms with van der Waals surface area (Å²) in [6.07, 6.45) is 8.56. The predicted octanol–water partition coefficient (Wildman–Crippen LogP) is 4.10. The first-order valence-corrected chi connectivity index (χ1v) is 9.21. The first-order chi connectivity index (χ1) is 12.7. The van der Waals surface area contributed by atoms with E-state index in [1.165, 1.54) is 0 Å². The Morgan fingerprint density at radius 2 is 1.77 bits per heavy atom.